The van der Waals surface area contributed by atoms with Crippen LogP contribution in [0.25, 0.3) is 0 Å². The van der Waals surface area contributed by atoms with Gasteiger partial charge in [-0.05, 0) is 42.3 Å². The van der Waals surface area contributed by atoms with Gasteiger partial charge in [0.25, 0.3) is 5.91 Å². The van der Waals surface area contributed by atoms with Gasteiger partial charge in [0.15, 0.2) is 11.5 Å². The van der Waals surface area contributed by atoms with Crippen molar-refractivity contribution in [1.82, 2.24) is 5.32 Å². The molecule has 2 aromatic carbocycles. The lowest BCUT2D eigenvalue weighted by molar-refractivity contribution is 0.0935. The lowest BCUT2D eigenvalue weighted by Crippen LogP contribution is -2.28. The summed E-state index contributed by atoms with van der Waals surface area (Å²) in [7, 11) is 4.77. The zero-order chi connectivity index (χ0) is 17.5. The monoisotopic (exact) mass is 329 g/mol. The number of methoxy groups -OCH3 is 3. The van der Waals surface area contributed by atoms with Gasteiger partial charge >= 0.3 is 0 Å². The van der Waals surface area contributed by atoms with Gasteiger partial charge < -0.3 is 19.5 Å². The molecule has 0 fully saturated rings. The number of amides is 1. The molecule has 1 amide bonds. The summed E-state index contributed by atoms with van der Waals surface area (Å²) in [6, 6.07) is 12.6. The fourth-order valence-electron chi connectivity index (χ4n) is 2.50. The number of benzene rings is 2. The zero-order valence-electron chi connectivity index (χ0n) is 14.5. The van der Waals surface area contributed by atoms with Crippen LogP contribution >= 0.6 is 0 Å². The molecule has 0 radical (unpaired) electrons. The van der Waals surface area contributed by atoms with E-state index in [4.69, 9.17) is 14.2 Å². The lowest BCUT2D eigenvalue weighted by Gasteiger charge is -2.19. The summed E-state index contributed by atoms with van der Waals surface area (Å²) in [4.78, 5) is 12.5. The van der Waals surface area contributed by atoms with Gasteiger partial charge in [-0.2, -0.15) is 0 Å². The van der Waals surface area contributed by atoms with E-state index in [0.29, 0.717) is 22.8 Å². The molecule has 2 rings (SSSR count). The van der Waals surface area contributed by atoms with Gasteiger partial charge in [-0.15, -0.1) is 0 Å². The summed E-state index contributed by atoms with van der Waals surface area (Å²) in [6.45, 7) is 2.02. The minimum Gasteiger partial charge on any atom is -0.497 e. The molecule has 0 bridgehead atoms. The van der Waals surface area contributed by atoms with E-state index in [-0.39, 0.29) is 11.9 Å². The Hall–Kier alpha value is -2.69. The van der Waals surface area contributed by atoms with Gasteiger partial charge in [-0.25, -0.2) is 0 Å². The van der Waals surface area contributed by atoms with Crippen LogP contribution in [0.2, 0.25) is 0 Å². The fraction of sp³-hybridized carbons (Fsp3) is 0.316. The molecule has 0 aromatic heterocycles. The first kappa shape index (κ1) is 17.7. The highest BCUT2D eigenvalue weighted by atomic mass is 16.5. The Morgan fingerprint density at radius 3 is 2.38 bits per heavy atom. The number of ether oxygens (including phenoxy) is 3. The molecule has 0 unspecified atom stereocenters. The molecule has 1 atom stereocenters. The molecule has 5 nitrogen and oxygen atoms in total. The average Bonchev–Trinajstić information content (AvgIpc) is 2.65. The molecule has 0 saturated carbocycles. The SMILES string of the molecule is CC[C@H](NC(=O)c1cccc(OC)c1)c1ccc(OC)c(OC)c1. The second-order valence-electron chi connectivity index (χ2n) is 5.28. The Morgan fingerprint density at radius 2 is 1.75 bits per heavy atom. The Bertz CT molecular complexity index is 700. The van der Waals surface area contributed by atoms with E-state index < -0.39 is 0 Å². The molecular weight excluding hydrogens is 306 g/mol. The number of rotatable bonds is 7. The number of carbonyl (C=O) groups is 1. The topological polar surface area (TPSA) is 56.8 Å². The third-order valence-electron chi connectivity index (χ3n) is 3.86. The lowest BCUT2D eigenvalue weighted by atomic mass is 10.0. The van der Waals surface area contributed by atoms with Crippen LogP contribution in [0.1, 0.15) is 35.3 Å². The van der Waals surface area contributed by atoms with Gasteiger partial charge in [0.05, 0.1) is 27.4 Å². The van der Waals surface area contributed by atoms with Crippen molar-refractivity contribution in [2.24, 2.45) is 0 Å². The van der Waals surface area contributed by atoms with Crippen molar-refractivity contribution in [1.29, 1.82) is 0 Å². The van der Waals surface area contributed by atoms with Crippen molar-refractivity contribution >= 4 is 5.91 Å². The molecule has 1 N–H and O–H groups in total. The van der Waals surface area contributed by atoms with E-state index in [2.05, 4.69) is 5.32 Å². The van der Waals surface area contributed by atoms with Gasteiger partial charge in [0, 0.05) is 5.56 Å². The fourth-order valence-corrected chi connectivity index (χ4v) is 2.50. The van der Waals surface area contributed by atoms with Crippen molar-refractivity contribution in [3.05, 3.63) is 53.6 Å². The Labute approximate surface area is 142 Å². The van der Waals surface area contributed by atoms with Crippen LogP contribution in [0.5, 0.6) is 17.2 Å². The van der Waals surface area contributed by atoms with Crippen molar-refractivity contribution in [3.63, 3.8) is 0 Å². The average molecular weight is 329 g/mol. The first-order valence-corrected chi connectivity index (χ1v) is 7.79. The van der Waals surface area contributed by atoms with E-state index in [1.165, 1.54) is 0 Å². The van der Waals surface area contributed by atoms with Gasteiger partial charge in [-0.1, -0.05) is 19.1 Å². The van der Waals surface area contributed by atoms with E-state index in [0.717, 1.165) is 12.0 Å². The van der Waals surface area contributed by atoms with Crippen molar-refractivity contribution in [2.45, 2.75) is 19.4 Å². The van der Waals surface area contributed by atoms with Crippen LogP contribution in [0, 0.1) is 0 Å². The van der Waals surface area contributed by atoms with E-state index in [9.17, 15) is 4.79 Å². The molecule has 0 saturated heterocycles. The van der Waals surface area contributed by atoms with Crippen LogP contribution in [0.4, 0.5) is 0 Å². The summed E-state index contributed by atoms with van der Waals surface area (Å²) in [5.41, 5.74) is 1.53. The minimum atomic E-state index is -0.143. The smallest absolute Gasteiger partial charge is 0.251 e. The highest BCUT2D eigenvalue weighted by Crippen LogP contribution is 2.31. The third kappa shape index (κ3) is 3.98. The Kier molecular flexibility index (Phi) is 6.07. The number of nitrogens with one attached hydrogen (secondary N) is 1. The molecular formula is C19H23NO4. The van der Waals surface area contributed by atoms with Crippen molar-refractivity contribution in [3.8, 4) is 17.2 Å². The van der Waals surface area contributed by atoms with Crippen LogP contribution in [-0.4, -0.2) is 27.2 Å². The Balaban J connectivity index is 2.21. The summed E-state index contributed by atoms with van der Waals surface area (Å²) >= 11 is 0. The second-order valence-corrected chi connectivity index (χ2v) is 5.28. The summed E-state index contributed by atoms with van der Waals surface area (Å²) in [5.74, 6) is 1.82. The molecule has 2 aromatic rings. The maximum absolute atomic E-state index is 12.5. The van der Waals surface area contributed by atoms with Crippen molar-refractivity contribution < 1.29 is 19.0 Å². The highest BCUT2D eigenvalue weighted by molar-refractivity contribution is 5.94. The summed E-state index contributed by atoms with van der Waals surface area (Å²) in [6.07, 6.45) is 0.755. The predicted molar refractivity (Wildman–Crippen MR) is 93.0 cm³/mol. The highest BCUT2D eigenvalue weighted by Gasteiger charge is 2.16. The summed E-state index contributed by atoms with van der Waals surface area (Å²) < 4.78 is 15.8. The first-order valence-electron chi connectivity index (χ1n) is 7.79. The van der Waals surface area contributed by atoms with E-state index in [1.807, 2.05) is 31.2 Å². The van der Waals surface area contributed by atoms with Crippen LogP contribution in [-0.2, 0) is 0 Å². The van der Waals surface area contributed by atoms with Crippen LogP contribution < -0.4 is 19.5 Å². The number of hydrogen-bond donors (Lipinski definition) is 1. The number of hydrogen-bond acceptors (Lipinski definition) is 4. The first-order chi connectivity index (χ1) is 11.6. The zero-order valence-corrected chi connectivity index (χ0v) is 14.5. The predicted octanol–water partition coefficient (Wildman–Crippen LogP) is 3.59. The molecule has 128 valence electrons. The van der Waals surface area contributed by atoms with E-state index in [1.54, 1.807) is 39.5 Å². The van der Waals surface area contributed by atoms with Crippen molar-refractivity contribution in [2.75, 3.05) is 21.3 Å². The van der Waals surface area contributed by atoms with Gasteiger partial charge in [-0.3, -0.25) is 4.79 Å². The largest absolute Gasteiger partial charge is 0.497 e. The molecule has 0 aliphatic carbocycles. The standard InChI is InChI=1S/C19H23NO4/c1-5-16(13-9-10-17(23-3)18(12-13)24-4)20-19(21)14-7-6-8-15(11-14)22-2/h6-12,16H,5H2,1-4H3,(H,20,21)/t16-/m0/s1. The van der Waals surface area contributed by atoms with Crippen LogP contribution in [0.15, 0.2) is 42.5 Å². The molecule has 24 heavy (non-hydrogen) atoms. The normalized spacial score (nSPS) is 11.5. The second kappa shape index (κ2) is 8.24. The van der Waals surface area contributed by atoms with E-state index >= 15 is 0 Å². The van der Waals surface area contributed by atoms with Gasteiger partial charge in [0.2, 0.25) is 0 Å². The summed E-state index contributed by atoms with van der Waals surface area (Å²) in [5, 5.41) is 3.05. The maximum Gasteiger partial charge on any atom is 0.251 e. The van der Waals surface area contributed by atoms with Crippen LogP contribution in [0.3, 0.4) is 0 Å². The third-order valence-corrected chi connectivity index (χ3v) is 3.86. The molecule has 5 heteroatoms. The maximum atomic E-state index is 12.5. The minimum absolute atomic E-state index is 0.122. The quantitative estimate of drug-likeness (QED) is 0.843. The number of carbonyl (C=O) groups excluding carboxylic acids is 1. The molecule has 0 aliphatic heterocycles. The van der Waals surface area contributed by atoms with Gasteiger partial charge in [0.1, 0.15) is 5.75 Å². The molecule has 0 heterocycles. The molecule has 0 spiro atoms. The Morgan fingerprint density at radius 1 is 1.00 bits per heavy atom. The molecule has 0 aliphatic rings.